The first-order valence-corrected chi connectivity index (χ1v) is 45.5. The van der Waals surface area contributed by atoms with Crippen LogP contribution in [0.5, 0.6) is 0 Å². The molecule has 6 aliphatic rings. The first-order chi connectivity index (χ1) is 50.0. The Hall–Kier alpha value is -7.26. The van der Waals surface area contributed by atoms with Crippen LogP contribution < -0.4 is 17.6 Å². The van der Waals surface area contributed by atoms with Crippen molar-refractivity contribution < 1.29 is 0 Å². The molecule has 1 unspecified atom stereocenters. The molecule has 522 valence electrons. The van der Waals surface area contributed by atoms with Crippen LogP contribution in [0.3, 0.4) is 0 Å². The fourth-order valence-corrected chi connectivity index (χ4v) is 35.2. The molecule has 0 N–H and O–H groups in total. The van der Waals surface area contributed by atoms with E-state index in [1.807, 2.05) is 0 Å². The molecule has 0 radical (unpaired) electrons. The van der Waals surface area contributed by atoms with E-state index >= 15 is 0 Å². The van der Waals surface area contributed by atoms with Crippen LogP contribution in [-0.2, 0) is 32.5 Å². The minimum atomic E-state index is -4.21. The summed E-state index contributed by atoms with van der Waals surface area (Å²) in [4.78, 5) is 0. The molecule has 0 amide bonds. The standard InChI is InChI=1S/C101H114Ge/c1-13-55-96(24-12)78-47-35-31-43-72(78)84-90(96)85-73-44-32-36-48-79(73)97(56-14-2,57-15-3)91(85)88-76-53-51-70(66-82(76)100(62-20-8,63-21-9)94(84)88)102(68-39-27-25-28-40-68,69-41-29-26-30-42-69)71-52-54-77-83(67-71)101(64-22-10,65-23-11)95-87-75-46-34-38-50-81(75)98(58-16-4,59-17-5)92(87)86-74-45-33-37-49-80(74)99(60-18-6,61-19-7)93(86)89(77)95/h25-54,66-67H,13-24,55-65H2,1-12H3. The Morgan fingerprint density at radius 3 is 0.657 bits per heavy atom. The van der Waals surface area contributed by atoms with Gasteiger partial charge in [0.05, 0.1) is 0 Å². The second-order valence-electron chi connectivity index (χ2n) is 32.8. The second-order valence-corrected chi connectivity index (χ2v) is 40.8. The maximum atomic E-state index is 2.97. The zero-order valence-corrected chi connectivity index (χ0v) is 66.3. The molecule has 0 saturated carbocycles. The average molecular weight is 1400 g/mol. The molecule has 0 nitrogen and oxygen atoms in total. The number of rotatable bonds is 27. The van der Waals surface area contributed by atoms with Crippen molar-refractivity contribution in [1.82, 2.24) is 0 Å². The zero-order valence-electron chi connectivity index (χ0n) is 64.2. The van der Waals surface area contributed by atoms with Crippen LogP contribution in [0.15, 0.2) is 194 Å². The molecule has 10 aromatic rings. The van der Waals surface area contributed by atoms with Crippen LogP contribution in [0, 0.1) is 0 Å². The predicted octanol–water partition coefficient (Wildman–Crippen LogP) is 25.9. The summed E-state index contributed by atoms with van der Waals surface area (Å²) in [7, 11) is 0. The van der Waals surface area contributed by atoms with Crippen molar-refractivity contribution in [3.63, 3.8) is 0 Å². The van der Waals surface area contributed by atoms with Gasteiger partial charge in [-0.1, -0.05) is 0 Å². The fourth-order valence-electron chi connectivity index (χ4n) is 25.1. The third-order valence-corrected chi connectivity index (χ3v) is 37.6. The molecule has 10 aromatic carbocycles. The molecule has 1 heteroatoms. The molecule has 16 rings (SSSR count). The van der Waals surface area contributed by atoms with E-state index in [9.17, 15) is 0 Å². The summed E-state index contributed by atoms with van der Waals surface area (Å²) in [5, 5.41) is 0. The number of benzene rings is 10. The Bertz CT molecular complexity index is 4780. The van der Waals surface area contributed by atoms with E-state index in [-0.39, 0.29) is 32.5 Å². The van der Waals surface area contributed by atoms with Gasteiger partial charge in [-0.3, -0.25) is 0 Å². The van der Waals surface area contributed by atoms with Crippen molar-refractivity contribution >= 4 is 30.8 Å². The van der Waals surface area contributed by atoms with Gasteiger partial charge < -0.3 is 0 Å². The van der Waals surface area contributed by atoms with Gasteiger partial charge in [0.1, 0.15) is 0 Å². The third kappa shape index (κ3) is 9.05. The van der Waals surface area contributed by atoms with Crippen LogP contribution >= 0.6 is 0 Å². The predicted molar refractivity (Wildman–Crippen MR) is 442 cm³/mol. The quantitative estimate of drug-likeness (QED) is 0.0450. The third-order valence-electron chi connectivity index (χ3n) is 27.7. The van der Waals surface area contributed by atoms with E-state index < -0.39 is 13.3 Å². The van der Waals surface area contributed by atoms with E-state index in [4.69, 9.17) is 0 Å². The van der Waals surface area contributed by atoms with Gasteiger partial charge in [0.25, 0.3) is 0 Å². The van der Waals surface area contributed by atoms with E-state index in [1.54, 1.807) is 109 Å². The van der Waals surface area contributed by atoms with Gasteiger partial charge in [0.2, 0.25) is 0 Å². The van der Waals surface area contributed by atoms with Gasteiger partial charge in [-0.2, -0.15) is 0 Å². The first-order valence-electron chi connectivity index (χ1n) is 41.3. The topological polar surface area (TPSA) is 0 Å². The van der Waals surface area contributed by atoms with Crippen molar-refractivity contribution in [3.05, 3.63) is 261 Å². The van der Waals surface area contributed by atoms with Crippen LogP contribution in [0.25, 0.3) is 66.8 Å². The average Bonchev–Trinajstić information content (AvgIpc) is 1.49. The number of hydrogen-bond acceptors (Lipinski definition) is 0. The monoisotopic (exact) mass is 1400 g/mol. The summed E-state index contributed by atoms with van der Waals surface area (Å²) >= 11 is -4.21. The minimum absolute atomic E-state index is 0.0843. The second kappa shape index (κ2) is 26.7. The summed E-state index contributed by atoms with van der Waals surface area (Å²) < 4.78 is 6.18. The van der Waals surface area contributed by atoms with E-state index in [0.29, 0.717) is 0 Å². The normalized spacial score (nSPS) is 17.6. The van der Waals surface area contributed by atoms with E-state index in [1.165, 1.54) is 42.2 Å². The zero-order chi connectivity index (χ0) is 70.6. The fraction of sp³-hybridized carbons (Fsp3) is 0.406. The van der Waals surface area contributed by atoms with Crippen LogP contribution in [0.4, 0.5) is 0 Å². The van der Waals surface area contributed by atoms with Crippen molar-refractivity contribution in [2.75, 3.05) is 0 Å². The molecule has 1 atom stereocenters. The Labute approximate surface area is 617 Å². The Balaban J connectivity index is 1.05. The van der Waals surface area contributed by atoms with Gasteiger partial charge in [-0.15, -0.1) is 0 Å². The van der Waals surface area contributed by atoms with Crippen molar-refractivity contribution in [3.8, 4) is 66.8 Å². The molecule has 0 fully saturated rings. The van der Waals surface area contributed by atoms with Crippen LogP contribution in [0.1, 0.15) is 298 Å². The molecule has 0 bridgehead atoms. The first kappa shape index (κ1) is 69.1. The molecule has 0 aromatic heterocycles. The summed E-state index contributed by atoms with van der Waals surface area (Å²) in [6.45, 7) is 30.0. The van der Waals surface area contributed by atoms with Gasteiger partial charge in [0.15, 0.2) is 0 Å². The molecule has 0 heterocycles. The van der Waals surface area contributed by atoms with E-state index in [2.05, 4.69) is 277 Å². The van der Waals surface area contributed by atoms with Crippen LogP contribution in [-0.4, -0.2) is 13.3 Å². The molecule has 0 aliphatic heterocycles. The molecule has 0 spiro atoms. The summed E-state index contributed by atoms with van der Waals surface area (Å²) in [5.74, 6) is 0. The summed E-state index contributed by atoms with van der Waals surface area (Å²) in [6.07, 6.45) is 26.1. The summed E-state index contributed by atoms with van der Waals surface area (Å²) in [6, 6.07) is 81.3. The number of hydrogen-bond donors (Lipinski definition) is 0. The molecule has 0 saturated heterocycles. The van der Waals surface area contributed by atoms with Gasteiger partial charge in [-0.25, -0.2) is 0 Å². The van der Waals surface area contributed by atoms with Crippen molar-refractivity contribution in [2.24, 2.45) is 0 Å². The molecular weight excluding hydrogens is 1290 g/mol. The Morgan fingerprint density at radius 1 is 0.196 bits per heavy atom. The molecule has 102 heavy (non-hydrogen) atoms. The molecular formula is C101H114Ge. The SMILES string of the molecule is CCCC1(CC)c2ccccc2-c2c1c1c(c3c2C(CCC)(CCC)c2c[c]([Ge]([c]4ccccc4)([c]4ccccc4)[c]4ccc5c(c4)C(CCC)(CCC)c4c6c(c7c(c4-5)C(CCC)(CCC)c4ccccc4-7)C(CCC)(CCC)c4ccccc4-6)ccc2-3)C(CCC)(CCC)c2ccccc2-1. The van der Waals surface area contributed by atoms with Gasteiger partial charge in [-0.05, 0) is 0 Å². The van der Waals surface area contributed by atoms with Gasteiger partial charge in [0, 0.05) is 0 Å². The van der Waals surface area contributed by atoms with Gasteiger partial charge >= 0.3 is 622 Å². The molecule has 6 aliphatic carbocycles. The van der Waals surface area contributed by atoms with Crippen molar-refractivity contribution in [2.45, 2.75) is 263 Å². The summed E-state index contributed by atoms with van der Waals surface area (Å²) in [5.41, 5.74) is 37.8. The number of fused-ring (bicyclic) bond motifs is 24. The Kier molecular flexibility index (Phi) is 18.1. The van der Waals surface area contributed by atoms with E-state index in [0.717, 1.165) is 148 Å². The van der Waals surface area contributed by atoms with Crippen LogP contribution in [0.2, 0.25) is 0 Å². The maximum absolute atomic E-state index is 4.21. The van der Waals surface area contributed by atoms with Crippen molar-refractivity contribution in [1.29, 1.82) is 0 Å². The Morgan fingerprint density at radius 2 is 0.402 bits per heavy atom.